The normalized spacial score (nSPS) is 23.9. The van der Waals surface area contributed by atoms with Crippen LogP contribution in [0, 0.1) is 11.8 Å². The number of amides is 9. The van der Waals surface area contributed by atoms with Crippen molar-refractivity contribution in [3.8, 4) is 0 Å². The third-order valence-corrected chi connectivity index (χ3v) is 16.2. The van der Waals surface area contributed by atoms with Crippen LogP contribution in [-0.4, -0.2) is 145 Å². The van der Waals surface area contributed by atoms with E-state index in [0.717, 1.165) is 15.8 Å². The molecule has 2 aromatic carbocycles. The average Bonchev–Trinajstić information content (AvgIpc) is 4.15. The topological polar surface area (TPSA) is 350 Å². The Labute approximate surface area is 467 Å². The molecule has 6 rings (SSSR count). The lowest BCUT2D eigenvalue weighted by atomic mass is 9.93. The molecule has 0 spiro atoms. The van der Waals surface area contributed by atoms with Crippen molar-refractivity contribution in [1.82, 2.24) is 57.1 Å². The monoisotopic (exact) mass is 1130 g/mol. The fraction of sp³-hybridized carbons (Fsp3) is 0.500. The Morgan fingerprint density at radius 3 is 2.03 bits per heavy atom. The Bertz CT molecular complexity index is 2790. The Morgan fingerprint density at radius 1 is 0.722 bits per heavy atom. The van der Waals surface area contributed by atoms with Gasteiger partial charge in [-0.1, -0.05) is 104 Å². The smallest absolute Gasteiger partial charge is 0.325 e. The van der Waals surface area contributed by atoms with Gasteiger partial charge in [0.2, 0.25) is 35.4 Å². The molecule has 9 atom stereocenters. The number of aromatic nitrogens is 3. The van der Waals surface area contributed by atoms with Gasteiger partial charge in [0.25, 0.3) is 5.91 Å². The highest BCUT2D eigenvalue weighted by atomic mass is 33.1. The molecule has 2 saturated heterocycles. The number of fused-ring (bicyclic) bond motifs is 1. The Kier molecular flexibility index (Phi) is 22.7. The number of rotatable bonds is 18. The Hall–Kier alpha value is -7.41. The third-order valence-electron chi connectivity index (χ3n) is 13.7. The maximum atomic E-state index is 14.8. The van der Waals surface area contributed by atoms with E-state index in [4.69, 9.17) is 11.5 Å². The molecule has 0 unspecified atom stereocenters. The van der Waals surface area contributed by atoms with Crippen molar-refractivity contribution in [2.75, 3.05) is 18.1 Å². The zero-order valence-corrected chi connectivity index (χ0v) is 46.8. The van der Waals surface area contributed by atoms with Crippen LogP contribution in [0.15, 0.2) is 78.3 Å². The number of imide groups is 1. The third kappa shape index (κ3) is 17.5. The molecule has 23 nitrogen and oxygen atoms in total. The van der Waals surface area contributed by atoms with Gasteiger partial charge in [-0.25, -0.2) is 9.78 Å². The van der Waals surface area contributed by atoms with Crippen LogP contribution < -0.4 is 48.7 Å². The largest absolute Gasteiger partial charge is 0.370 e. The van der Waals surface area contributed by atoms with Gasteiger partial charge in [0.05, 0.1) is 24.3 Å². The number of para-hydroxylation sites is 1. The molecular weight excluding hydrogens is 1050 g/mol. The number of hydrogen-bond donors (Lipinski definition) is 11. The first kappa shape index (κ1) is 60.8. The number of carbonyl (C=O) groups excluding carboxylic acids is 9. The maximum absolute atomic E-state index is 14.8. The van der Waals surface area contributed by atoms with E-state index in [-0.39, 0.29) is 68.5 Å². The van der Waals surface area contributed by atoms with E-state index in [1.54, 1.807) is 36.5 Å². The molecule has 13 N–H and O–H groups in total. The van der Waals surface area contributed by atoms with Crippen LogP contribution in [-0.2, 0) is 57.6 Å². The average molecular weight is 1130 g/mol. The number of ketones is 1. The lowest BCUT2D eigenvalue weighted by Crippen LogP contribution is -2.60. The second-order valence-corrected chi connectivity index (χ2v) is 22.9. The summed E-state index contributed by atoms with van der Waals surface area (Å²) in [4.78, 5) is 144. The predicted octanol–water partition coefficient (Wildman–Crippen LogP) is 2.03. The maximum Gasteiger partial charge on any atom is 0.325 e. The first-order chi connectivity index (χ1) is 37.8. The lowest BCUT2D eigenvalue weighted by Gasteiger charge is -2.33. The molecule has 0 bridgehead atoms. The predicted molar refractivity (Wildman–Crippen MR) is 303 cm³/mol. The van der Waals surface area contributed by atoms with Gasteiger partial charge < -0.3 is 58.7 Å². The van der Waals surface area contributed by atoms with E-state index in [1.807, 2.05) is 45.0 Å². The molecule has 25 heteroatoms. The highest BCUT2D eigenvalue weighted by Crippen LogP contribution is 2.32. The summed E-state index contributed by atoms with van der Waals surface area (Å²) in [5.41, 5.74) is 13.8. The van der Waals surface area contributed by atoms with Crippen LogP contribution in [0.1, 0.15) is 90.0 Å². The van der Waals surface area contributed by atoms with Crippen LogP contribution >= 0.6 is 21.6 Å². The molecule has 0 radical (unpaired) electrons. The van der Waals surface area contributed by atoms with Gasteiger partial charge in [-0.05, 0) is 62.6 Å². The van der Waals surface area contributed by atoms with Gasteiger partial charge in [0, 0.05) is 66.3 Å². The summed E-state index contributed by atoms with van der Waals surface area (Å²) in [5.74, 6) is -6.57. The van der Waals surface area contributed by atoms with Gasteiger partial charge in [-0.15, -0.1) is 0 Å². The van der Waals surface area contributed by atoms with Crippen molar-refractivity contribution in [3.05, 3.63) is 90.1 Å². The van der Waals surface area contributed by atoms with Gasteiger partial charge in [0.15, 0.2) is 11.7 Å². The zero-order valence-electron chi connectivity index (χ0n) is 45.2. The molecule has 4 heterocycles. The van der Waals surface area contributed by atoms with Gasteiger partial charge in [-0.2, -0.15) is 0 Å². The Balaban J connectivity index is 1.41. The number of benzene rings is 2. The van der Waals surface area contributed by atoms with Crippen LogP contribution in [0.3, 0.4) is 0 Å². The molecule has 2 fully saturated rings. The number of imidazole rings is 1. The molecule has 2 aliphatic rings. The van der Waals surface area contributed by atoms with E-state index in [0.29, 0.717) is 36.1 Å². The quantitative estimate of drug-likeness (QED) is 0.0223. The fourth-order valence-corrected chi connectivity index (χ4v) is 12.0. The van der Waals surface area contributed by atoms with Crippen molar-refractivity contribution < 1.29 is 43.2 Å². The van der Waals surface area contributed by atoms with E-state index in [9.17, 15) is 43.2 Å². The number of nitrogens with one attached hydrogen (secondary N) is 9. The van der Waals surface area contributed by atoms with Gasteiger partial charge in [-0.3, -0.25) is 48.2 Å². The number of aromatic amines is 2. The van der Waals surface area contributed by atoms with Crippen molar-refractivity contribution in [3.63, 3.8) is 0 Å². The van der Waals surface area contributed by atoms with E-state index >= 15 is 0 Å². The van der Waals surface area contributed by atoms with Crippen LogP contribution in [0.2, 0.25) is 0 Å². The minimum Gasteiger partial charge on any atom is -0.370 e. The molecule has 4 aromatic rings. The highest BCUT2D eigenvalue weighted by Gasteiger charge is 2.46. The molecular formula is C54H74N14O9S2. The number of carbonyl (C=O) groups is 9. The highest BCUT2D eigenvalue weighted by molar-refractivity contribution is 8.76. The van der Waals surface area contributed by atoms with Crippen LogP contribution in [0.4, 0.5) is 4.79 Å². The summed E-state index contributed by atoms with van der Waals surface area (Å²) >= 11 is 0. The minimum atomic E-state index is -1.36. The molecule has 426 valence electrons. The van der Waals surface area contributed by atoms with Crippen molar-refractivity contribution in [2.24, 2.45) is 28.3 Å². The number of guanidine groups is 1. The summed E-state index contributed by atoms with van der Waals surface area (Å²) in [6.45, 7) is 8.63. The molecule has 0 aliphatic carbocycles. The molecule has 79 heavy (non-hydrogen) atoms. The number of unbranched alkanes of at least 4 members (excludes halogenated alkanes) is 1. The zero-order chi connectivity index (χ0) is 57.2. The summed E-state index contributed by atoms with van der Waals surface area (Å²) < 4.78 is 0. The first-order valence-corrected chi connectivity index (χ1v) is 29.1. The van der Waals surface area contributed by atoms with Gasteiger partial charge in [0.1, 0.15) is 36.3 Å². The number of nitrogens with two attached hydrogens (primary N) is 2. The number of aliphatic imine (C=N–C) groups is 1. The number of H-pyrrole nitrogens is 2. The van der Waals surface area contributed by atoms with E-state index in [2.05, 4.69) is 57.2 Å². The summed E-state index contributed by atoms with van der Waals surface area (Å²) in [7, 11) is 2.36. The molecule has 0 saturated carbocycles. The van der Waals surface area contributed by atoms with Crippen LogP contribution in [0.5, 0.6) is 0 Å². The Morgan fingerprint density at radius 2 is 1.35 bits per heavy atom. The second kappa shape index (κ2) is 29.5. The molecule has 9 amide bonds. The fourth-order valence-electron chi connectivity index (χ4n) is 9.44. The van der Waals surface area contributed by atoms with Crippen molar-refractivity contribution in [1.29, 1.82) is 0 Å². The first-order valence-electron chi connectivity index (χ1n) is 26.7. The molecule has 2 aliphatic heterocycles. The van der Waals surface area contributed by atoms with Crippen LogP contribution in [0.25, 0.3) is 10.9 Å². The number of hydrogen-bond acceptors (Lipinski definition) is 13. The van der Waals surface area contributed by atoms with Crippen molar-refractivity contribution in [2.45, 2.75) is 141 Å². The number of Topliss-reactive ketones (excluding diaryl/α,β-unsaturated/α-hetero) is 1. The second-order valence-electron chi connectivity index (χ2n) is 20.4. The summed E-state index contributed by atoms with van der Waals surface area (Å²) in [6.07, 6.45) is 6.35. The van der Waals surface area contributed by atoms with Crippen molar-refractivity contribution >= 4 is 91.6 Å². The standard InChI is InChI=1S/C54H74N14O9S2/c1-6-7-19-45(68-52(76)43(21-30(2)3)67-54(68)77)37-27-78-79-28-44(32(5)69)66-50(74)41(23-34-25-59-38-17-12-11-16-36(34)38)65-48(72)39(18-13-20-58-53(55)56)62-49(73)40(22-33-14-9-8-10-15-33)64-51(75)42(24-35-26-57-29-60-35)63-46(70)31(4)61-47(37)71/h8-12,14-17,25-26,29-31,37,39-45,59H,6-7,13,18-24,27-28H2,1-5H3,(H,57,60)(H,61,71)(H,62,73)(H,63,70)(H,64,75)(H,65,72)(H,66,74)(H,67,77)(H4,55,56,58)/t31-,37-,39+,40-,41+,42+,43+,44+,45+/m1/s1. The summed E-state index contributed by atoms with van der Waals surface area (Å²) in [6, 6.07) is 6.08. The molecule has 2 aromatic heterocycles. The SMILES string of the molecule is CCCC[C@@H]([C@H]1CSSC[C@@H](C(C)=O)NC(=O)[C@H](Cc2c[nH]c3ccccc23)NC(=O)[C@H](CCCN=C(N)N)NC(=O)[C@@H](Cc2ccccc2)NC(=O)[C@H](Cc2cnc[nH]2)NC(=O)[C@@H](C)NC1=O)N1C(=O)N[C@@H](CC(C)C)C1=O. The minimum absolute atomic E-state index is 0.00309. The van der Waals surface area contributed by atoms with E-state index < -0.39 is 107 Å². The number of urea groups is 1. The lowest BCUT2D eigenvalue weighted by molar-refractivity contribution is -0.136. The van der Waals surface area contributed by atoms with Gasteiger partial charge >= 0.3 is 6.03 Å². The summed E-state index contributed by atoms with van der Waals surface area (Å²) in [5, 5.41) is 20.4. The number of nitrogens with zero attached hydrogens (tertiary/aromatic N) is 3. The van der Waals surface area contributed by atoms with E-state index in [1.165, 1.54) is 48.0 Å².